The molecule has 5 heteroatoms. The Labute approximate surface area is 114 Å². The lowest BCUT2D eigenvalue weighted by Crippen LogP contribution is -2.32. The number of aryl methyl sites for hydroxylation is 1. The normalized spacial score (nSPS) is 23.3. The summed E-state index contributed by atoms with van der Waals surface area (Å²) in [5.74, 6) is 1.23. The Balaban J connectivity index is 1.88. The fourth-order valence-electron chi connectivity index (χ4n) is 2.84. The van der Waals surface area contributed by atoms with E-state index in [2.05, 4.69) is 17.3 Å². The van der Waals surface area contributed by atoms with Crippen LogP contribution in [0.5, 0.6) is 0 Å². The minimum atomic E-state index is -0.150. The van der Waals surface area contributed by atoms with Crippen LogP contribution < -0.4 is 11.1 Å². The molecule has 2 rings (SSSR count). The predicted molar refractivity (Wildman–Crippen MR) is 75.8 cm³/mol. The Morgan fingerprint density at radius 1 is 1.58 bits per heavy atom. The second kappa shape index (κ2) is 6.08. The zero-order valence-electron chi connectivity index (χ0n) is 11.9. The standard InChI is InChI=1S/C14H24N4O/c1-3-18-9-12(15)13(17-18)14(19)16-8-11-6-4-5-10(2)7-11/h9-11H,3-8,15H2,1-2H3,(H,16,19). The number of aromatic nitrogens is 2. The van der Waals surface area contributed by atoms with Crippen LogP contribution in [0.4, 0.5) is 5.69 Å². The molecule has 0 saturated heterocycles. The van der Waals surface area contributed by atoms with Gasteiger partial charge in [-0.1, -0.05) is 19.8 Å². The van der Waals surface area contributed by atoms with Crippen molar-refractivity contribution >= 4 is 11.6 Å². The quantitative estimate of drug-likeness (QED) is 0.874. The van der Waals surface area contributed by atoms with E-state index in [1.165, 1.54) is 25.7 Å². The maximum atomic E-state index is 12.1. The monoisotopic (exact) mass is 264 g/mol. The van der Waals surface area contributed by atoms with E-state index in [9.17, 15) is 4.79 Å². The van der Waals surface area contributed by atoms with Crippen molar-refractivity contribution in [1.82, 2.24) is 15.1 Å². The highest BCUT2D eigenvalue weighted by Gasteiger charge is 2.21. The van der Waals surface area contributed by atoms with Crippen LogP contribution in [-0.4, -0.2) is 22.2 Å². The highest BCUT2D eigenvalue weighted by atomic mass is 16.2. The summed E-state index contributed by atoms with van der Waals surface area (Å²) < 4.78 is 1.69. The number of nitrogen functional groups attached to an aromatic ring is 1. The lowest BCUT2D eigenvalue weighted by Gasteiger charge is -2.26. The molecule has 1 aliphatic carbocycles. The summed E-state index contributed by atoms with van der Waals surface area (Å²) in [5.41, 5.74) is 6.61. The third kappa shape index (κ3) is 3.49. The number of carbonyl (C=O) groups excluding carboxylic acids is 1. The van der Waals surface area contributed by atoms with Gasteiger partial charge in [-0.05, 0) is 31.6 Å². The van der Waals surface area contributed by atoms with Crippen LogP contribution in [0, 0.1) is 11.8 Å². The molecule has 19 heavy (non-hydrogen) atoms. The topological polar surface area (TPSA) is 72.9 Å². The van der Waals surface area contributed by atoms with Crippen LogP contribution in [0.25, 0.3) is 0 Å². The van der Waals surface area contributed by atoms with Crippen LogP contribution in [-0.2, 0) is 6.54 Å². The molecule has 2 unspecified atom stereocenters. The summed E-state index contributed by atoms with van der Waals surface area (Å²) in [6.45, 7) is 5.71. The van der Waals surface area contributed by atoms with E-state index in [4.69, 9.17) is 5.73 Å². The average Bonchev–Trinajstić information content (AvgIpc) is 2.77. The number of nitrogens with zero attached hydrogens (tertiary/aromatic N) is 2. The Kier molecular flexibility index (Phi) is 4.45. The van der Waals surface area contributed by atoms with Gasteiger partial charge in [-0.2, -0.15) is 5.10 Å². The molecule has 1 aliphatic rings. The molecule has 1 amide bonds. The van der Waals surface area contributed by atoms with E-state index < -0.39 is 0 Å². The number of nitrogens with one attached hydrogen (secondary N) is 1. The number of hydrogen-bond donors (Lipinski definition) is 2. The van der Waals surface area contributed by atoms with Crippen molar-refractivity contribution in [2.24, 2.45) is 11.8 Å². The van der Waals surface area contributed by atoms with E-state index >= 15 is 0 Å². The summed E-state index contributed by atoms with van der Waals surface area (Å²) in [6, 6.07) is 0. The first-order valence-corrected chi connectivity index (χ1v) is 7.21. The fraction of sp³-hybridized carbons (Fsp3) is 0.714. The summed E-state index contributed by atoms with van der Waals surface area (Å²) in [7, 11) is 0. The van der Waals surface area contributed by atoms with Crippen molar-refractivity contribution in [2.45, 2.75) is 46.1 Å². The molecule has 1 aromatic heterocycles. The smallest absolute Gasteiger partial charge is 0.273 e. The lowest BCUT2D eigenvalue weighted by atomic mass is 9.82. The van der Waals surface area contributed by atoms with Gasteiger partial charge >= 0.3 is 0 Å². The molecule has 1 aromatic rings. The summed E-state index contributed by atoms with van der Waals surface area (Å²) >= 11 is 0. The molecule has 5 nitrogen and oxygen atoms in total. The van der Waals surface area contributed by atoms with Gasteiger partial charge in [-0.3, -0.25) is 9.48 Å². The predicted octanol–water partition coefficient (Wildman–Crippen LogP) is 2.04. The molecule has 0 bridgehead atoms. The molecule has 1 saturated carbocycles. The van der Waals surface area contributed by atoms with Crippen molar-refractivity contribution in [1.29, 1.82) is 0 Å². The number of nitrogens with two attached hydrogens (primary N) is 1. The number of amides is 1. The number of rotatable bonds is 4. The molecular formula is C14H24N4O. The molecule has 3 N–H and O–H groups in total. The maximum absolute atomic E-state index is 12.1. The summed E-state index contributed by atoms with van der Waals surface area (Å²) in [5, 5.41) is 7.16. The van der Waals surface area contributed by atoms with Gasteiger partial charge in [0.2, 0.25) is 0 Å². The molecule has 1 heterocycles. The Morgan fingerprint density at radius 3 is 3.00 bits per heavy atom. The Hall–Kier alpha value is -1.52. The second-order valence-electron chi connectivity index (χ2n) is 5.64. The first-order valence-electron chi connectivity index (χ1n) is 7.21. The first-order chi connectivity index (χ1) is 9.10. The molecule has 2 atom stereocenters. The summed E-state index contributed by atoms with van der Waals surface area (Å²) in [4.78, 5) is 12.1. The third-order valence-electron chi connectivity index (χ3n) is 3.93. The average molecular weight is 264 g/mol. The third-order valence-corrected chi connectivity index (χ3v) is 3.93. The minimum absolute atomic E-state index is 0.150. The van der Waals surface area contributed by atoms with Gasteiger partial charge in [-0.25, -0.2) is 0 Å². The molecule has 1 fully saturated rings. The van der Waals surface area contributed by atoms with Gasteiger partial charge in [-0.15, -0.1) is 0 Å². The van der Waals surface area contributed by atoms with Gasteiger partial charge in [0.05, 0.1) is 5.69 Å². The summed E-state index contributed by atoms with van der Waals surface area (Å²) in [6.07, 6.45) is 6.72. The maximum Gasteiger partial charge on any atom is 0.273 e. The molecule has 106 valence electrons. The number of carbonyl (C=O) groups is 1. The van der Waals surface area contributed by atoms with Crippen molar-refractivity contribution < 1.29 is 4.79 Å². The van der Waals surface area contributed by atoms with Crippen LogP contribution in [0.1, 0.15) is 50.0 Å². The largest absolute Gasteiger partial charge is 0.396 e. The van der Waals surface area contributed by atoms with Gasteiger partial charge in [0, 0.05) is 19.3 Å². The molecule has 0 aliphatic heterocycles. The SMILES string of the molecule is CCn1cc(N)c(C(=O)NCC2CCCC(C)C2)n1. The number of anilines is 1. The van der Waals surface area contributed by atoms with E-state index in [0.29, 0.717) is 17.3 Å². The van der Waals surface area contributed by atoms with Crippen molar-refractivity contribution in [3.63, 3.8) is 0 Å². The molecular weight excluding hydrogens is 240 g/mol. The van der Waals surface area contributed by atoms with Gasteiger partial charge in [0.15, 0.2) is 5.69 Å². The first kappa shape index (κ1) is 13.9. The van der Waals surface area contributed by atoms with Crippen molar-refractivity contribution in [3.8, 4) is 0 Å². The molecule has 0 aromatic carbocycles. The van der Waals surface area contributed by atoms with Crippen LogP contribution >= 0.6 is 0 Å². The Morgan fingerprint density at radius 2 is 2.37 bits per heavy atom. The van der Waals surface area contributed by atoms with Gasteiger partial charge in [0.25, 0.3) is 5.91 Å². The van der Waals surface area contributed by atoms with Crippen LogP contribution in [0.3, 0.4) is 0 Å². The van der Waals surface area contributed by atoms with Crippen molar-refractivity contribution in [3.05, 3.63) is 11.9 Å². The zero-order valence-corrected chi connectivity index (χ0v) is 11.9. The lowest BCUT2D eigenvalue weighted by molar-refractivity contribution is 0.0935. The van der Waals surface area contributed by atoms with Crippen LogP contribution in [0.15, 0.2) is 6.20 Å². The Bertz CT molecular complexity index is 441. The van der Waals surface area contributed by atoms with Gasteiger partial charge < -0.3 is 11.1 Å². The van der Waals surface area contributed by atoms with E-state index in [1.54, 1.807) is 10.9 Å². The second-order valence-corrected chi connectivity index (χ2v) is 5.64. The zero-order chi connectivity index (χ0) is 13.8. The van der Waals surface area contributed by atoms with Crippen molar-refractivity contribution in [2.75, 3.05) is 12.3 Å². The molecule has 0 radical (unpaired) electrons. The van der Waals surface area contributed by atoms with Crippen LogP contribution in [0.2, 0.25) is 0 Å². The van der Waals surface area contributed by atoms with Gasteiger partial charge in [0.1, 0.15) is 0 Å². The number of hydrogen-bond acceptors (Lipinski definition) is 3. The fourth-order valence-corrected chi connectivity index (χ4v) is 2.84. The minimum Gasteiger partial charge on any atom is -0.396 e. The van der Waals surface area contributed by atoms with E-state index in [1.807, 2.05) is 6.92 Å². The highest BCUT2D eigenvalue weighted by Crippen LogP contribution is 2.27. The highest BCUT2D eigenvalue weighted by molar-refractivity contribution is 5.96. The van der Waals surface area contributed by atoms with E-state index in [0.717, 1.165) is 19.0 Å². The molecule has 0 spiro atoms. The van der Waals surface area contributed by atoms with E-state index in [-0.39, 0.29) is 5.91 Å².